The molecule has 20 heavy (non-hydrogen) atoms. The summed E-state index contributed by atoms with van der Waals surface area (Å²) in [5.41, 5.74) is 7.68. The molecule has 2 rings (SSSR count). The van der Waals surface area contributed by atoms with Gasteiger partial charge in [0.1, 0.15) is 19.1 Å². The predicted octanol–water partition coefficient (Wildman–Crippen LogP) is -1.04. The number of anilines is 1. The summed E-state index contributed by atoms with van der Waals surface area (Å²) in [6.07, 6.45) is 0. The third-order valence-electron chi connectivity index (χ3n) is 3.47. The molecule has 1 aromatic rings. The number of nitrogens with one attached hydrogen (secondary N) is 1. The number of aryl methyl sites for hydroxylation is 1. The Hall–Kier alpha value is -2.38. The van der Waals surface area contributed by atoms with Gasteiger partial charge in [0.15, 0.2) is 0 Å². The second kappa shape index (κ2) is 4.95. The number of hydrogen-bond donors (Lipinski definition) is 2. The third kappa shape index (κ3) is 2.36. The molecule has 1 saturated heterocycles. The number of hydrogen-bond acceptors (Lipinski definition) is 5. The SMILES string of the molecule is Cc1nn(CC(=O)N2CC(=O)NC(=O)C2C)c(C)c1N. The Labute approximate surface area is 115 Å². The van der Waals surface area contributed by atoms with Gasteiger partial charge in [-0.15, -0.1) is 0 Å². The zero-order valence-electron chi connectivity index (χ0n) is 11.6. The van der Waals surface area contributed by atoms with E-state index in [1.807, 2.05) is 0 Å². The van der Waals surface area contributed by atoms with Crippen molar-refractivity contribution in [3.05, 3.63) is 11.4 Å². The second-order valence-electron chi connectivity index (χ2n) is 4.85. The lowest BCUT2D eigenvalue weighted by Gasteiger charge is -2.31. The van der Waals surface area contributed by atoms with Crippen molar-refractivity contribution in [1.82, 2.24) is 20.0 Å². The number of piperazine rings is 1. The molecule has 3 N–H and O–H groups in total. The van der Waals surface area contributed by atoms with Gasteiger partial charge in [-0.05, 0) is 20.8 Å². The molecule has 1 aromatic heterocycles. The molecule has 1 fully saturated rings. The Morgan fingerprint density at radius 2 is 2.10 bits per heavy atom. The molecule has 108 valence electrons. The van der Waals surface area contributed by atoms with E-state index in [1.54, 1.807) is 20.8 Å². The van der Waals surface area contributed by atoms with Gasteiger partial charge in [0.05, 0.1) is 17.1 Å². The molecule has 0 saturated carbocycles. The molecule has 3 amide bonds. The van der Waals surface area contributed by atoms with Crippen LogP contribution in [-0.2, 0) is 20.9 Å². The molecule has 0 aliphatic carbocycles. The maximum absolute atomic E-state index is 12.2. The van der Waals surface area contributed by atoms with Gasteiger partial charge < -0.3 is 10.6 Å². The van der Waals surface area contributed by atoms with Gasteiger partial charge in [-0.3, -0.25) is 24.4 Å². The Morgan fingerprint density at radius 3 is 2.65 bits per heavy atom. The standard InChI is InChI=1S/C12H17N5O3/c1-6-11(13)7(2)17(15-6)5-10(19)16-4-9(18)14-12(20)8(16)3/h8H,4-5,13H2,1-3H3,(H,14,18,20). The number of amides is 3. The molecule has 0 radical (unpaired) electrons. The first-order valence-corrected chi connectivity index (χ1v) is 6.24. The molecule has 0 spiro atoms. The topological polar surface area (TPSA) is 110 Å². The molecule has 1 aliphatic rings. The summed E-state index contributed by atoms with van der Waals surface area (Å²) in [4.78, 5) is 36.3. The fourth-order valence-corrected chi connectivity index (χ4v) is 2.10. The van der Waals surface area contributed by atoms with Crippen molar-refractivity contribution in [2.24, 2.45) is 0 Å². The van der Waals surface area contributed by atoms with E-state index in [0.29, 0.717) is 17.1 Å². The van der Waals surface area contributed by atoms with Gasteiger partial charge in [0.25, 0.3) is 0 Å². The minimum atomic E-state index is -0.672. The van der Waals surface area contributed by atoms with Crippen LogP contribution < -0.4 is 11.1 Å². The summed E-state index contributed by atoms with van der Waals surface area (Å²) in [5.74, 6) is -1.29. The average Bonchev–Trinajstić information content (AvgIpc) is 2.61. The average molecular weight is 279 g/mol. The number of nitrogens with zero attached hydrogens (tertiary/aromatic N) is 3. The van der Waals surface area contributed by atoms with Crippen LogP contribution in [0.3, 0.4) is 0 Å². The van der Waals surface area contributed by atoms with Crippen molar-refractivity contribution in [2.75, 3.05) is 12.3 Å². The van der Waals surface area contributed by atoms with E-state index < -0.39 is 17.9 Å². The predicted molar refractivity (Wildman–Crippen MR) is 70.4 cm³/mol. The van der Waals surface area contributed by atoms with E-state index in [4.69, 9.17) is 5.73 Å². The Bertz CT molecular complexity index is 592. The maximum Gasteiger partial charge on any atom is 0.249 e. The van der Waals surface area contributed by atoms with E-state index in [2.05, 4.69) is 10.4 Å². The summed E-state index contributed by atoms with van der Waals surface area (Å²) < 4.78 is 1.48. The lowest BCUT2D eigenvalue weighted by Crippen LogP contribution is -2.59. The molecule has 1 aliphatic heterocycles. The van der Waals surface area contributed by atoms with Crippen LogP contribution in [0.15, 0.2) is 0 Å². The fourth-order valence-electron chi connectivity index (χ4n) is 2.10. The minimum Gasteiger partial charge on any atom is -0.396 e. The van der Waals surface area contributed by atoms with E-state index >= 15 is 0 Å². The number of carbonyl (C=O) groups excluding carboxylic acids is 3. The van der Waals surface area contributed by atoms with E-state index in [0.717, 1.165) is 0 Å². The zero-order chi connectivity index (χ0) is 15.0. The number of rotatable bonds is 2. The van der Waals surface area contributed by atoms with Crippen LogP contribution in [0, 0.1) is 13.8 Å². The Morgan fingerprint density at radius 1 is 1.45 bits per heavy atom. The third-order valence-corrected chi connectivity index (χ3v) is 3.47. The maximum atomic E-state index is 12.2. The highest BCUT2D eigenvalue weighted by Crippen LogP contribution is 2.15. The van der Waals surface area contributed by atoms with Crippen LogP contribution in [0.4, 0.5) is 5.69 Å². The van der Waals surface area contributed by atoms with Crippen LogP contribution in [0.2, 0.25) is 0 Å². The minimum absolute atomic E-state index is 0.0469. The van der Waals surface area contributed by atoms with E-state index in [9.17, 15) is 14.4 Å². The number of carbonyl (C=O) groups is 3. The van der Waals surface area contributed by atoms with E-state index in [-0.39, 0.29) is 19.0 Å². The van der Waals surface area contributed by atoms with Crippen molar-refractivity contribution in [3.8, 4) is 0 Å². The molecule has 8 nitrogen and oxygen atoms in total. The van der Waals surface area contributed by atoms with Crippen molar-refractivity contribution < 1.29 is 14.4 Å². The Balaban J connectivity index is 2.17. The highest BCUT2D eigenvalue weighted by atomic mass is 16.2. The second-order valence-corrected chi connectivity index (χ2v) is 4.85. The number of aromatic nitrogens is 2. The first-order valence-electron chi connectivity index (χ1n) is 6.24. The van der Waals surface area contributed by atoms with Crippen LogP contribution in [0.1, 0.15) is 18.3 Å². The first kappa shape index (κ1) is 14.0. The van der Waals surface area contributed by atoms with Gasteiger partial charge in [0.2, 0.25) is 17.7 Å². The zero-order valence-corrected chi connectivity index (χ0v) is 11.6. The van der Waals surface area contributed by atoms with Crippen molar-refractivity contribution in [2.45, 2.75) is 33.4 Å². The largest absolute Gasteiger partial charge is 0.396 e. The highest BCUT2D eigenvalue weighted by Gasteiger charge is 2.33. The van der Waals surface area contributed by atoms with Gasteiger partial charge in [-0.25, -0.2) is 0 Å². The first-order chi connectivity index (χ1) is 9.31. The monoisotopic (exact) mass is 279 g/mol. The lowest BCUT2D eigenvalue weighted by molar-refractivity contribution is -0.149. The quantitative estimate of drug-likeness (QED) is 0.672. The molecule has 8 heteroatoms. The van der Waals surface area contributed by atoms with Crippen molar-refractivity contribution in [3.63, 3.8) is 0 Å². The van der Waals surface area contributed by atoms with Crippen molar-refractivity contribution >= 4 is 23.4 Å². The van der Waals surface area contributed by atoms with Crippen LogP contribution in [-0.4, -0.2) is 45.0 Å². The summed E-state index contributed by atoms with van der Waals surface area (Å²) in [5, 5.41) is 6.35. The van der Waals surface area contributed by atoms with Crippen LogP contribution >= 0.6 is 0 Å². The molecule has 2 heterocycles. The molecule has 1 atom stereocenters. The smallest absolute Gasteiger partial charge is 0.249 e. The van der Waals surface area contributed by atoms with Crippen LogP contribution in [0.25, 0.3) is 0 Å². The molecular weight excluding hydrogens is 262 g/mol. The number of imide groups is 1. The molecular formula is C12H17N5O3. The van der Waals surface area contributed by atoms with Crippen molar-refractivity contribution in [1.29, 1.82) is 0 Å². The van der Waals surface area contributed by atoms with Gasteiger partial charge >= 0.3 is 0 Å². The lowest BCUT2D eigenvalue weighted by atomic mass is 10.2. The van der Waals surface area contributed by atoms with Gasteiger partial charge in [-0.1, -0.05) is 0 Å². The van der Waals surface area contributed by atoms with Gasteiger partial charge in [0, 0.05) is 0 Å². The summed E-state index contributed by atoms with van der Waals surface area (Å²) >= 11 is 0. The number of nitrogen functional groups attached to an aromatic ring is 1. The van der Waals surface area contributed by atoms with E-state index in [1.165, 1.54) is 9.58 Å². The number of nitrogens with two attached hydrogens (primary N) is 1. The highest BCUT2D eigenvalue weighted by molar-refractivity contribution is 6.04. The summed E-state index contributed by atoms with van der Waals surface area (Å²) in [7, 11) is 0. The fraction of sp³-hybridized carbons (Fsp3) is 0.500. The molecule has 1 unspecified atom stereocenters. The molecule has 0 aromatic carbocycles. The molecule has 0 bridgehead atoms. The summed E-state index contributed by atoms with van der Waals surface area (Å²) in [6.45, 7) is 4.93. The Kier molecular flexibility index (Phi) is 3.47. The van der Waals surface area contributed by atoms with Gasteiger partial charge in [-0.2, -0.15) is 5.10 Å². The summed E-state index contributed by atoms with van der Waals surface area (Å²) in [6, 6.07) is -0.672. The normalized spacial score (nSPS) is 19.1. The van der Waals surface area contributed by atoms with Crippen LogP contribution in [0.5, 0.6) is 0 Å².